The van der Waals surface area contributed by atoms with E-state index in [1.54, 1.807) is 12.1 Å². The van der Waals surface area contributed by atoms with Crippen LogP contribution in [0.15, 0.2) is 24.3 Å². The number of nitrogens with one attached hydrogen (secondary N) is 1. The van der Waals surface area contributed by atoms with Gasteiger partial charge in [0.05, 0.1) is 0 Å². The van der Waals surface area contributed by atoms with Crippen LogP contribution in [0.5, 0.6) is 0 Å². The Labute approximate surface area is 186 Å². The third-order valence-corrected chi connectivity index (χ3v) is 9.29. The molecule has 1 aromatic rings. The van der Waals surface area contributed by atoms with Gasteiger partial charge < -0.3 is 15.3 Å². The molecular weight excluding hydrogens is 420 g/mol. The predicted octanol–water partition coefficient (Wildman–Crippen LogP) is 5.06. The van der Waals surface area contributed by atoms with Crippen LogP contribution >= 0.6 is 23.4 Å². The molecule has 5 aliphatic rings. The summed E-state index contributed by atoms with van der Waals surface area (Å²) < 4.78 is 0. The van der Waals surface area contributed by atoms with Crippen LogP contribution in [-0.4, -0.2) is 39.2 Å². The standard InChI is InChI=1S/C23H29ClN2O3S/c24-17-1-3-18(4-2-17)25-22-26(20(27)10-19(30-22)21(28)29)6-5-23-11-14-7-15(12-23)9-16(8-14)13-23/h1-4,14-16,19,22,25H,5-13H2,(H,28,29). The zero-order chi connectivity index (χ0) is 20.9. The van der Waals surface area contributed by atoms with Crippen molar-refractivity contribution >= 4 is 40.9 Å². The van der Waals surface area contributed by atoms with Gasteiger partial charge in [-0.2, -0.15) is 0 Å². The van der Waals surface area contributed by atoms with Crippen molar-refractivity contribution in [1.29, 1.82) is 0 Å². The first-order chi connectivity index (χ1) is 14.4. The molecule has 2 unspecified atom stereocenters. The number of carbonyl (C=O) groups is 2. The SMILES string of the molecule is O=C(O)C1CC(=O)N(CCC23CC4CC(CC(C4)C2)C3)C(Nc2ccc(Cl)cc2)S1. The van der Waals surface area contributed by atoms with Gasteiger partial charge in [-0.3, -0.25) is 9.59 Å². The molecule has 2 N–H and O–H groups in total. The predicted molar refractivity (Wildman–Crippen MR) is 119 cm³/mol. The van der Waals surface area contributed by atoms with E-state index in [9.17, 15) is 14.7 Å². The summed E-state index contributed by atoms with van der Waals surface area (Å²) in [5.74, 6) is 1.69. The fourth-order valence-electron chi connectivity index (χ4n) is 6.83. The first-order valence-electron chi connectivity index (χ1n) is 11.1. The normalized spacial score (nSPS) is 37.4. The summed E-state index contributed by atoms with van der Waals surface area (Å²) in [6, 6.07) is 7.34. The van der Waals surface area contributed by atoms with E-state index >= 15 is 0 Å². The van der Waals surface area contributed by atoms with E-state index in [4.69, 9.17) is 11.6 Å². The molecular formula is C23H29ClN2O3S. The van der Waals surface area contributed by atoms with Gasteiger partial charge in [0.1, 0.15) is 5.25 Å². The zero-order valence-corrected chi connectivity index (χ0v) is 18.6. The topological polar surface area (TPSA) is 69.6 Å². The second kappa shape index (κ2) is 7.94. The highest BCUT2D eigenvalue weighted by Crippen LogP contribution is 2.61. The van der Waals surface area contributed by atoms with E-state index in [1.165, 1.54) is 50.3 Å². The Morgan fingerprint density at radius 1 is 1.13 bits per heavy atom. The third-order valence-electron chi connectivity index (χ3n) is 7.71. The van der Waals surface area contributed by atoms with Crippen LogP contribution in [0.1, 0.15) is 51.4 Å². The van der Waals surface area contributed by atoms with Crippen LogP contribution in [0.4, 0.5) is 5.69 Å². The van der Waals surface area contributed by atoms with Gasteiger partial charge in [-0.05, 0) is 92.4 Å². The number of carboxylic acids is 1. The van der Waals surface area contributed by atoms with Gasteiger partial charge in [0.15, 0.2) is 5.50 Å². The first-order valence-corrected chi connectivity index (χ1v) is 12.4. The van der Waals surface area contributed by atoms with Crippen molar-refractivity contribution in [3.63, 3.8) is 0 Å². The van der Waals surface area contributed by atoms with E-state index in [1.807, 2.05) is 17.0 Å². The van der Waals surface area contributed by atoms with E-state index in [0.29, 0.717) is 17.0 Å². The number of amides is 1. The van der Waals surface area contributed by atoms with Crippen molar-refractivity contribution in [2.24, 2.45) is 23.2 Å². The molecule has 4 saturated carbocycles. The number of rotatable bonds is 6. The van der Waals surface area contributed by atoms with Gasteiger partial charge in [0, 0.05) is 23.7 Å². The lowest BCUT2D eigenvalue weighted by molar-refractivity contribution is -0.141. The number of hydrogen-bond acceptors (Lipinski definition) is 4. The molecule has 2 atom stereocenters. The van der Waals surface area contributed by atoms with E-state index < -0.39 is 11.2 Å². The van der Waals surface area contributed by atoms with E-state index in [-0.39, 0.29) is 17.8 Å². The molecule has 162 valence electrons. The highest BCUT2D eigenvalue weighted by Gasteiger charge is 2.51. The molecule has 5 fully saturated rings. The third kappa shape index (κ3) is 4.05. The van der Waals surface area contributed by atoms with Gasteiger partial charge >= 0.3 is 5.97 Å². The number of hydrogen-bond donors (Lipinski definition) is 2. The van der Waals surface area contributed by atoms with E-state index in [0.717, 1.165) is 29.9 Å². The molecule has 5 nitrogen and oxygen atoms in total. The number of halogens is 1. The summed E-state index contributed by atoms with van der Waals surface area (Å²) in [5.41, 5.74) is 0.867. The Morgan fingerprint density at radius 3 is 2.30 bits per heavy atom. The minimum atomic E-state index is -0.919. The number of carboxylic acid groups (broad SMARTS) is 1. The number of anilines is 1. The van der Waals surface area contributed by atoms with Gasteiger partial charge in [-0.15, -0.1) is 0 Å². The summed E-state index contributed by atoms with van der Waals surface area (Å²) in [4.78, 5) is 26.5. The minimum Gasteiger partial charge on any atom is -0.480 e. The van der Waals surface area contributed by atoms with Crippen LogP contribution in [-0.2, 0) is 9.59 Å². The first kappa shape index (κ1) is 20.5. The van der Waals surface area contributed by atoms with Crippen molar-refractivity contribution in [2.75, 3.05) is 11.9 Å². The molecule has 4 bridgehead atoms. The molecule has 1 aromatic carbocycles. The van der Waals surface area contributed by atoms with Crippen LogP contribution in [0, 0.1) is 23.2 Å². The molecule has 6 rings (SSSR count). The fourth-order valence-corrected chi connectivity index (χ4v) is 8.19. The highest BCUT2D eigenvalue weighted by atomic mass is 35.5. The number of aliphatic carboxylic acids is 1. The molecule has 7 heteroatoms. The molecule has 0 aromatic heterocycles. The second-order valence-electron chi connectivity index (χ2n) is 9.93. The Morgan fingerprint density at radius 2 is 1.73 bits per heavy atom. The zero-order valence-electron chi connectivity index (χ0n) is 17.1. The summed E-state index contributed by atoms with van der Waals surface area (Å²) in [7, 11) is 0. The fraction of sp³-hybridized carbons (Fsp3) is 0.652. The average Bonchev–Trinajstić information content (AvgIpc) is 2.68. The van der Waals surface area contributed by atoms with Crippen molar-refractivity contribution in [3.8, 4) is 0 Å². The van der Waals surface area contributed by atoms with Crippen molar-refractivity contribution in [1.82, 2.24) is 4.90 Å². The van der Waals surface area contributed by atoms with Gasteiger partial charge in [-0.1, -0.05) is 23.4 Å². The maximum Gasteiger partial charge on any atom is 0.317 e. The van der Waals surface area contributed by atoms with Crippen molar-refractivity contribution in [3.05, 3.63) is 29.3 Å². The summed E-state index contributed by atoms with van der Waals surface area (Å²) >= 11 is 7.32. The molecule has 1 saturated heterocycles. The van der Waals surface area contributed by atoms with Crippen LogP contribution < -0.4 is 5.32 Å². The summed E-state index contributed by atoms with van der Waals surface area (Å²) in [6.07, 6.45) is 9.32. The largest absolute Gasteiger partial charge is 0.480 e. The van der Waals surface area contributed by atoms with Crippen LogP contribution in [0.25, 0.3) is 0 Å². The monoisotopic (exact) mass is 448 g/mol. The maximum absolute atomic E-state index is 13.0. The summed E-state index contributed by atoms with van der Waals surface area (Å²) in [6.45, 7) is 0.704. The van der Waals surface area contributed by atoms with Crippen LogP contribution in [0.3, 0.4) is 0 Å². The summed E-state index contributed by atoms with van der Waals surface area (Å²) in [5, 5.41) is 12.8. The highest BCUT2D eigenvalue weighted by molar-refractivity contribution is 8.01. The quantitative estimate of drug-likeness (QED) is 0.636. The lowest BCUT2D eigenvalue weighted by Gasteiger charge is -2.57. The lowest BCUT2D eigenvalue weighted by Crippen LogP contribution is -2.52. The number of benzene rings is 1. The Hall–Kier alpha value is -1.40. The van der Waals surface area contributed by atoms with Crippen LogP contribution in [0.2, 0.25) is 5.02 Å². The molecule has 30 heavy (non-hydrogen) atoms. The molecule has 4 aliphatic carbocycles. The molecule has 1 heterocycles. The molecule has 1 aliphatic heterocycles. The number of carbonyl (C=O) groups excluding carboxylic acids is 1. The molecule has 0 spiro atoms. The number of nitrogens with zero attached hydrogens (tertiary/aromatic N) is 1. The second-order valence-corrected chi connectivity index (χ2v) is 11.6. The number of thioether (sulfide) groups is 1. The Kier molecular flexibility index (Phi) is 5.42. The smallest absolute Gasteiger partial charge is 0.317 e. The Bertz CT molecular complexity index is 795. The van der Waals surface area contributed by atoms with Crippen molar-refractivity contribution < 1.29 is 14.7 Å². The van der Waals surface area contributed by atoms with Gasteiger partial charge in [0.2, 0.25) is 5.91 Å². The van der Waals surface area contributed by atoms with Gasteiger partial charge in [-0.25, -0.2) is 0 Å². The molecule has 0 radical (unpaired) electrons. The van der Waals surface area contributed by atoms with Crippen molar-refractivity contribution in [2.45, 2.75) is 62.1 Å². The van der Waals surface area contributed by atoms with E-state index in [2.05, 4.69) is 5.32 Å². The Balaban J connectivity index is 1.31. The molecule has 1 amide bonds. The minimum absolute atomic E-state index is 0.0580. The van der Waals surface area contributed by atoms with Gasteiger partial charge in [0.25, 0.3) is 0 Å². The average molecular weight is 449 g/mol. The lowest BCUT2D eigenvalue weighted by atomic mass is 9.49. The maximum atomic E-state index is 13.0.